The van der Waals surface area contributed by atoms with Gasteiger partial charge in [-0.05, 0) is 25.3 Å². The van der Waals surface area contributed by atoms with Crippen molar-refractivity contribution in [2.45, 2.75) is 38.0 Å². The molecule has 3 aliphatic heterocycles. The molecule has 4 heteroatoms. The van der Waals surface area contributed by atoms with Crippen molar-refractivity contribution in [3.05, 3.63) is 35.9 Å². The van der Waals surface area contributed by atoms with E-state index in [-0.39, 0.29) is 41.9 Å². The molecule has 3 saturated heterocycles. The van der Waals surface area contributed by atoms with Crippen LogP contribution in [0.3, 0.4) is 0 Å². The molecule has 5 atom stereocenters. The maximum absolute atomic E-state index is 12.6. The molecular weight excluding hydrogens is 254 g/mol. The Labute approximate surface area is 117 Å². The highest BCUT2D eigenvalue weighted by molar-refractivity contribution is 6.06. The van der Waals surface area contributed by atoms with Crippen molar-refractivity contribution in [1.29, 1.82) is 0 Å². The van der Waals surface area contributed by atoms with E-state index in [4.69, 9.17) is 4.74 Å². The monoisotopic (exact) mass is 271 g/mol. The third-order valence-corrected chi connectivity index (χ3v) is 4.99. The van der Waals surface area contributed by atoms with Crippen LogP contribution in [0, 0.1) is 11.8 Å². The van der Waals surface area contributed by atoms with Gasteiger partial charge in [-0.25, -0.2) is 0 Å². The quantitative estimate of drug-likeness (QED) is 0.772. The van der Waals surface area contributed by atoms with Crippen molar-refractivity contribution in [3.8, 4) is 0 Å². The lowest BCUT2D eigenvalue weighted by atomic mass is 9.81. The third-order valence-electron chi connectivity index (χ3n) is 4.99. The van der Waals surface area contributed by atoms with Crippen LogP contribution in [0.1, 0.15) is 31.4 Å². The summed E-state index contributed by atoms with van der Waals surface area (Å²) >= 11 is 0. The van der Waals surface area contributed by atoms with E-state index in [0.717, 1.165) is 18.4 Å². The Balaban J connectivity index is 1.67. The maximum Gasteiger partial charge on any atom is 0.236 e. The Hall–Kier alpha value is -1.68. The SMILES string of the molecule is C[C@H](c1ccccc1)N1C(=O)[C@@H]2[C@H](C1=O)[C@H]1CC[C@@H]2O1. The van der Waals surface area contributed by atoms with E-state index in [9.17, 15) is 9.59 Å². The number of carbonyl (C=O) groups excluding carboxylic acids is 2. The first kappa shape index (κ1) is 12.1. The fraction of sp³-hybridized carbons (Fsp3) is 0.500. The number of hydrogen-bond donors (Lipinski definition) is 0. The summed E-state index contributed by atoms with van der Waals surface area (Å²) in [4.78, 5) is 26.7. The van der Waals surface area contributed by atoms with Crippen molar-refractivity contribution in [3.63, 3.8) is 0 Å². The normalized spacial score (nSPS) is 36.5. The van der Waals surface area contributed by atoms with Crippen LogP contribution in [0.5, 0.6) is 0 Å². The molecule has 0 N–H and O–H groups in total. The summed E-state index contributed by atoms with van der Waals surface area (Å²) in [5.74, 6) is -0.535. The predicted molar refractivity (Wildman–Crippen MR) is 71.6 cm³/mol. The summed E-state index contributed by atoms with van der Waals surface area (Å²) in [5, 5.41) is 0. The van der Waals surface area contributed by atoms with Gasteiger partial charge in [0.15, 0.2) is 0 Å². The highest BCUT2D eigenvalue weighted by atomic mass is 16.5. The van der Waals surface area contributed by atoms with Crippen molar-refractivity contribution in [1.82, 2.24) is 4.90 Å². The fourth-order valence-corrected chi connectivity index (χ4v) is 4.00. The molecule has 20 heavy (non-hydrogen) atoms. The lowest BCUT2D eigenvalue weighted by Gasteiger charge is -2.25. The lowest BCUT2D eigenvalue weighted by Crippen LogP contribution is -2.36. The van der Waals surface area contributed by atoms with E-state index in [2.05, 4.69) is 0 Å². The number of fused-ring (bicyclic) bond motifs is 5. The molecule has 1 aromatic rings. The molecule has 104 valence electrons. The number of carbonyl (C=O) groups is 2. The van der Waals surface area contributed by atoms with Gasteiger partial charge in [0.25, 0.3) is 0 Å². The first-order valence-corrected chi connectivity index (χ1v) is 7.26. The van der Waals surface area contributed by atoms with Gasteiger partial charge in [-0.3, -0.25) is 14.5 Å². The number of nitrogens with zero attached hydrogens (tertiary/aromatic N) is 1. The van der Waals surface area contributed by atoms with Crippen LogP contribution in [0.25, 0.3) is 0 Å². The molecule has 3 aliphatic rings. The summed E-state index contributed by atoms with van der Waals surface area (Å²) in [6, 6.07) is 9.54. The Morgan fingerprint density at radius 3 is 2.15 bits per heavy atom. The molecule has 0 spiro atoms. The minimum atomic E-state index is -0.229. The number of rotatable bonds is 2. The molecule has 2 amide bonds. The standard InChI is InChI=1S/C16H17NO3/c1-9(10-5-3-2-4-6-10)17-15(18)13-11-7-8-12(20-11)14(13)16(17)19/h2-6,9,11-14H,7-8H2,1H3/t9-,11-,12+,13-,14+/m1/s1. The molecule has 0 saturated carbocycles. The molecule has 0 aliphatic carbocycles. The number of hydrogen-bond acceptors (Lipinski definition) is 3. The number of likely N-dealkylation sites (tertiary alicyclic amines) is 1. The summed E-state index contributed by atoms with van der Waals surface area (Å²) in [6.45, 7) is 1.93. The van der Waals surface area contributed by atoms with Crippen molar-refractivity contribution < 1.29 is 14.3 Å². The van der Waals surface area contributed by atoms with Gasteiger partial charge in [-0.1, -0.05) is 30.3 Å². The van der Waals surface area contributed by atoms with Crippen LogP contribution in [0.4, 0.5) is 0 Å². The highest BCUT2D eigenvalue weighted by Gasteiger charge is 2.62. The first-order chi connectivity index (χ1) is 9.68. The Morgan fingerprint density at radius 1 is 1.05 bits per heavy atom. The summed E-state index contributed by atoms with van der Waals surface area (Å²) < 4.78 is 5.75. The Bertz CT molecular complexity index is 542. The number of amides is 2. The second-order valence-electron chi connectivity index (χ2n) is 5.98. The van der Waals surface area contributed by atoms with E-state index in [1.807, 2.05) is 37.3 Å². The zero-order chi connectivity index (χ0) is 13.9. The van der Waals surface area contributed by atoms with Gasteiger partial charge in [-0.2, -0.15) is 0 Å². The Kier molecular flexibility index (Phi) is 2.51. The topological polar surface area (TPSA) is 46.6 Å². The average Bonchev–Trinajstić information content (AvgIpc) is 3.14. The van der Waals surface area contributed by atoms with Gasteiger partial charge in [0, 0.05) is 0 Å². The van der Waals surface area contributed by atoms with Crippen LogP contribution in [-0.2, 0) is 14.3 Å². The highest BCUT2D eigenvalue weighted by Crippen LogP contribution is 2.50. The maximum atomic E-state index is 12.6. The van der Waals surface area contributed by atoms with Crippen LogP contribution in [0.2, 0.25) is 0 Å². The zero-order valence-electron chi connectivity index (χ0n) is 11.4. The summed E-state index contributed by atoms with van der Waals surface area (Å²) in [7, 11) is 0. The minimum absolute atomic E-state index is 0.0329. The van der Waals surface area contributed by atoms with Gasteiger partial charge < -0.3 is 4.74 Å². The predicted octanol–water partition coefficient (Wildman–Crippen LogP) is 1.91. The van der Waals surface area contributed by atoms with E-state index >= 15 is 0 Å². The molecule has 4 rings (SSSR count). The molecule has 0 unspecified atom stereocenters. The molecule has 4 nitrogen and oxygen atoms in total. The van der Waals surface area contributed by atoms with Crippen LogP contribution in [0.15, 0.2) is 30.3 Å². The fourth-order valence-electron chi connectivity index (χ4n) is 4.00. The largest absolute Gasteiger partial charge is 0.373 e. The van der Waals surface area contributed by atoms with Crippen LogP contribution >= 0.6 is 0 Å². The van der Waals surface area contributed by atoms with Crippen LogP contribution < -0.4 is 0 Å². The second kappa shape index (κ2) is 4.16. The van der Waals surface area contributed by atoms with E-state index in [0.29, 0.717) is 0 Å². The van der Waals surface area contributed by atoms with Crippen molar-refractivity contribution >= 4 is 11.8 Å². The zero-order valence-corrected chi connectivity index (χ0v) is 11.4. The second-order valence-corrected chi connectivity index (χ2v) is 5.98. The number of benzene rings is 1. The first-order valence-electron chi connectivity index (χ1n) is 7.26. The van der Waals surface area contributed by atoms with Gasteiger partial charge in [0.1, 0.15) is 0 Å². The van der Waals surface area contributed by atoms with E-state index in [1.54, 1.807) is 0 Å². The molecule has 0 aromatic heterocycles. The van der Waals surface area contributed by atoms with Gasteiger partial charge in [-0.15, -0.1) is 0 Å². The van der Waals surface area contributed by atoms with Gasteiger partial charge in [0.05, 0.1) is 30.1 Å². The molecule has 2 bridgehead atoms. The number of imide groups is 1. The van der Waals surface area contributed by atoms with Gasteiger partial charge >= 0.3 is 0 Å². The smallest absolute Gasteiger partial charge is 0.236 e. The molecule has 0 radical (unpaired) electrons. The van der Waals surface area contributed by atoms with Gasteiger partial charge in [0.2, 0.25) is 11.8 Å². The third kappa shape index (κ3) is 1.45. The summed E-state index contributed by atoms with van der Waals surface area (Å²) in [6.07, 6.45) is 1.76. The Morgan fingerprint density at radius 2 is 1.60 bits per heavy atom. The lowest BCUT2D eigenvalue weighted by molar-refractivity contribution is -0.145. The molecular formula is C16H17NO3. The number of ether oxygens (including phenoxy) is 1. The van der Waals surface area contributed by atoms with Crippen molar-refractivity contribution in [2.24, 2.45) is 11.8 Å². The van der Waals surface area contributed by atoms with E-state index < -0.39 is 0 Å². The average molecular weight is 271 g/mol. The molecule has 1 aromatic carbocycles. The van der Waals surface area contributed by atoms with Crippen LogP contribution in [-0.4, -0.2) is 28.9 Å². The minimum Gasteiger partial charge on any atom is -0.373 e. The summed E-state index contributed by atoms with van der Waals surface area (Å²) in [5.41, 5.74) is 1.00. The molecule has 3 heterocycles. The van der Waals surface area contributed by atoms with Crippen molar-refractivity contribution in [2.75, 3.05) is 0 Å². The van der Waals surface area contributed by atoms with E-state index in [1.165, 1.54) is 4.90 Å². The molecule has 3 fully saturated rings.